The van der Waals surface area contributed by atoms with Crippen LogP contribution in [0.2, 0.25) is 0 Å². The number of rotatable bonds is 6. The van der Waals surface area contributed by atoms with Gasteiger partial charge >= 0.3 is 0 Å². The third kappa shape index (κ3) is 4.66. The second-order valence-corrected chi connectivity index (χ2v) is 9.00. The number of hydrogen-bond donors (Lipinski definition) is 2. The predicted molar refractivity (Wildman–Crippen MR) is 138 cm³/mol. The minimum Gasteiger partial charge on any atom is -0.493 e. The molecule has 8 nitrogen and oxygen atoms in total. The quantitative estimate of drug-likeness (QED) is 0.383. The SMILES string of the molecule is CNC(=O)c1cc(Oc2cc3nc(Nc4cccc(C(C)(C)C)c4)n(C)c3cc2OC)ccn1.[HH].[HH]. The van der Waals surface area contributed by atoms with E-state index in [1.165, 1.54) is 11.8 Å². The van der Waals surface area contributed by atoms with E-state index in [0.717, 1.165) is 16.7 Å². The molecule has 0 bridgehead atoms. The van der Waals surface area contributed by atoms with Crippen LogP contribution in [-0.4, -0.2) is 34.6 Å². The molecule has 0 radical (unpaired) electrons. The van der Waals surface area contributed by atoms with Crippen molar-refractivity contribution in [2.24, 2.45) is 7.05 Å². The van der Waals surface area contributed by atoms with Crippen molar-refractivity contribution in [1.82, 2.24) is 19.9 Å². The minimum atomic E-state index is -0.288. The summed E-state index contributed by atoms with van der Waals surface area (Å²) in [7, 11) is 5.09. The summed E-state index contributed by atoms with van der Waals surface area (Å²) in [6.07, 6.45) is 1.53. The van der Waals surface area contributed by atoms with E-state index in [2.05, 4.69) is 48.5 Å². The molecular weight excluding hydrogens is 430 g/mol. The zero-order valence-corrected chi connectivity index (χ0v) is 20.3. The van der Waals surface area contributed by atoms with E-state index in [9.17, 15) is 4.79 Å². The maximum atomic E-state index is 11.9. The number of pyridine rings is 1. The molecule has 0 aliphatic rings. The molecule has 8 heteroatoms. The van der Waals surface area contributed by atoms with E-state index in [0.29, 0.717) is 23.2 Å². The van der Waals surface area contributed by atoms with Gasteiger partial charge < -0.3 is 24.7 Å². The number of benzene rings is 2. The number of nitrogens with one attached hydrogen (secondary N) is 2. The molecule has 0 unspecified atom stereocenters. The van der Waals surface area contributed by atoms with Crippen molar-refractivity contribution in [3.8, 4) is 17.2 Å². The largest absolute Gasteiger partial charge is 0.493 e. The fourth-order valence-corrected chi connectivity index (χ4v) is 3.60. The van der Waals surface area contributed by atoms with Crippen molar-refractivity contribution in [3.05, 3.63) is 66.0 Å². The van der Waals surface area contributed by atoms with Crippen molar-refractivity contribution in [1.29, 1.82) is 0 Å². The van der Waals surface area contributed by atoms with E-state index in [1.54, 1.807) is 26.3 Å². The fraction of sp³-hybridized carbons (Fsp3) is 0.269. The van der Waals surface area contributed by atoms with Crippen LogP contribution in [0.4, 0.5) is 11.6 Å². The van der Waals surface area contributed by atoms with Crippen LogP contribution in [-0.2, 0) is 12.5 Å². The Morgan fingerprint density at radius 2 is 1.88 bits per heavy atom. The van der Waals surface area contributed by atoms with Crippen LogP contribution >= 0.6 is 0 Å². The third-order valence-corrected chi connectivity index (χ3v) is 5.57. The number of aryl methyl sites for hydroxylation is 1. The molecule has 1 amide bonds. The molecule has 0 fully saturated rings. The first kappa shape index (κ1) is 23.1. The second-order valence-electron chi connectivity index (χ2n) is 9.00. The van der Waals surface area contributed by atoms with Crippen molar-refractivity contribution in [2.75, 3.05) is 19.5 Å². The van der Waals surface area contributed by atoms with E-state index in [4.69, 9.17) is 14.5 Å². The number of nitrogens with zero attached hydrogens (tertiary/aromatic N) is 3. The smallest absolute Gasteiger partial charge is 0.269 e. The molecule has 4 aromatic rings. The lowest BCUT2D eigenvalue weighted by molar-refractivity contribution is 0.0958. The highest BCUT2D eigenvalue weighted by Gasteiger charge is 2.17. The molecule has 2 aromatic carbocycles. The van der Waals surface area contributed by atoms with Crippen molar-refractivity contribution < 1.29 is 17.1 Å². The number of hydrogen-bond acceptors (Lipinski definition) is 6. The minimum absolute atomic E-state index is 0. The van der Waals surface area contributed by atoms with Gasteiger partial charge in [-0.3, -0.25) is 9.78 Å². The van der Waals surface area contributed by atoms with Gasteiger partial charge in [-0.1, -0.05) is 32.9 Å². The van der Waals surface area contributed by atoms with E-state index in [-0.39, 0.29) is 19.9 Å². The Labute approximate surface area is 201 Å². The molecule has 2 heterocycles. The van der Waals surface area contributed by atoms with Gasteiger partial charge in [0.1, 0.15) is 11.4 Å². The number of ether oxygens (including phenoxy) is 2. The van der Waals surface area contributed by atoms with Crippen molar-refractivity contribution in [3.63, 3.8) is 0 Å². The molecule has 180 valence electrons. The Bertz CT molecular complexity index is 1370. The van der Waals surface area contributed by atoms with E-state index in [1.807, 2.05) is 35.9 Å². The maximum absolute atomic E-state index is 11.9. The first-order valence-electron chi connectivity index (χ1n) is 11.0. The van der Waals surface area contributed by atoms with Crippen LogP contribution in [0.25, 0.3) is 11.0 Å². The fourth-order valence-electron chi connectivity index (χ4n) is 3.60. The lowest BCUT2D eigenvalue weighted by atomic mass is 9.87. The zero-order valence-electron chi connectivity index (χ0n) is 20.3. The third-order valence-electron chi connectivity index (χ3n) is 5.57. The van der Waals surface area contributed by atoms with Crippen LogP contribution in [0, 0.1) is 0 Å². The monoisotopic (exact) mass is 463 g/mol. The average Bonchev–Trinajstić information content (AvgIpc) is 3.11. The first-order valence-corrected chi connectivity index (χ1v) is 11.0. The summed E-state index contributed by atoms with van der Waals surface area (Å²) >= 11 is 0. The summed E-state index contributed by atoms with van der Waals surface area (Å²) in [6, 6.07) is 15.3. The highest BCUT2D eigenvalue weighted by Crippen LogP contribution is 2.36. The lowest BCUT2D eigenvalue weighted by Crippen LogP contribution is -2.18. The van der Waals surface area contributed by atoms with Crippen molar-refractivity contribution >= 4 is 28.6 Å². The molecule has 0 aliphatic heterocycles. The summed E-state index contributed by atoms with van der Waals surface area (Å²) in [5.41, 5.74) is 4.15. The Hall–Kier alpha value is -4.07. The molecule has 0 atom stereocenters. The Morgan fingerprint density at radius 3 is 2.59 bits per heavy atom. The lowest BCUT2D eigenvalue weighted by Gasteiger charge is -2.20. The molecule has 0 saturated carbocycles. The highest BCUT2D eigenvalue weighted by molar-refractivity contribution is 5.92. The molecular formula is C26H33N5O3. The number of amides is 1. The maximum Gasteiger partial charge on any atom is 0.269 e. The number of methoxy groups -OCH3 is 1. The Balaban J connectivity index is 0.00000228. The summed E-state index contributed by atoms with van der Waals surface area (Å²) in [4.78, 5) is 20.8. The Kier molecular flexibility index (Phi) is 6.15. The van der Waals surface area contributed by atoms with Gasteiger partial charge in [-0.2, -0.15) is 0 Å². The van der Waals surface area contributed by atoms with Gasteiger partial charge in [0.2, 0.25) is 5.95 Å². The van der Waals surface area contributed by atoms with Gasteiger partial charge in [0.25, 0.3) is 5.91 Å². The number of fused-ring (bicyclic) bond motifs is 1. The average molecular weight is 464 g/mol. The van der Waals surface area contributed by atoms with Crippen LogP contribution in [0.3, 0.4) is 0 Å². The van der Waals surface area contributed by atoms with E-state index >= 15 is 0 Å². The van der Waals surface area contributed by atoms with Crippen molar-refractivity contribution in [2.45, 2.75) is 26.2 Å². The normalized spacial score (nSPS) is 11.4. The second kappa shape index (κ2) is 9.05. The van der Waals surface area contributed by atoms with Gasteiger partial charge in [0.15, 0.2) is 11.5 Å². The van der Waals surface area contributed by atoms with Gasteiger partial charge in [-0.15, -0.1) is 0 Å². The number of anilines is 2. The predicted octanol–water partition coefficient (Wildman–Crippen LogP) is 5.66. The van der Waals surface area contributed by atoms with Crippen LogP contribution < -0.4 is 20.1 Å². The van der Waals surface area contributed by atoms with Crippen LogP contribution in [0.1, 0.15) is 39.7 Å². The van der Waals surface area contributed by atoms with Gasteiger partial charge in [-0.05, 0) is 29.2 Å². The van der Waals surface area contributed by atoms with Crippen LogP contribution in [0.15, 0.2) is 54.7 Å². The number of imidazole rings is 1. The number of carbonyl (C=O) groups is 1. The topological polar surface area (TPSA) is 90.3 Å². The molecule has 0 saturated heterocycles. The Morgan fingerprint density at radius 1 is 1.09 bits per heavy atom. The van der Waals surface area contributed by atoms with Gasteiger partial charge in [-0.25, -0.2) is 4.98 Å². The highest BCUT2D eigenvalue weighted by atomic mass is 16.5. The summed E-state index contributed by atoms with van der Waals surface area (Å²) in [5.74, 6) is 1.92. The molecule has 0 spiro atoms. The first-order chi connectivity index (χ1) is 16.2. The van der Waals surface area contributed by atoms with Crippen LogP contribution in [0.5, 0.6) is 17.2 Å². The molecule has 0 aliphatic carbocycles. The number of carbonyl (C=O) groups excluding carboxylic acids is 1. The van der Waals surface area contributed by atoms with Gasteiger partial charge in [0, 0.05) is 47.0 Å². The zero-order chi connectivity index (χ0) is 24.5. The summed E-state index contributed by atoms with van der Waals surface area (Å²) in [5, 5.41) is 5.98. The summed E-state index contributed by atoms with van der Waals surface area (Å²) in [6.45, 7) is 6.57. The standard InChI is InChI=1S/C26H29N5O3.2H2/c1-26(2,3)16-8-7-9-17(12-16)29-25-30-19-14-23(22(33-6)15-21(19)31(25)5)34-18-10-11-28-20(13-18)24(32)27-4;;/h7-15H,1-6H3,(H,27,32)(H,29,30);2*1H. The molecule has 34 heavy (non-hydrogen) atoms. The number of aromatic nitrogens is 3. The molecule has 2 N–H and O–H groups in total. The van der Waals surface area contributed by atoms with E-state index < -0.39 is 0 Å². The molecule has 4 rings (SSSR count). The summed E-state index contributed by atoms with van der Waals surface area (Å²) < 4.78 is 13.6. The molecule has 2 aromatic heterocycles. The van der Waals surface area contributed by atoms with Gasteiger partial charge in [0.05, 0.1) is 18.1 Å².